The van der Waals surface area contributed by atoms with Gasteiger partial charge < -0.3 is 15.5 Å². The lowest BCUT2D eigenvalue weighted by Crippen LogP contribution is -2.55. The Morgan fingerprint density at radius 1 is 0.935 bits per heavy atom. The summed E-state index contributed by atoms with van der Waals surface area (Å²) in [5.41, 5.74) is 0.555. The summed E-state index contributed by atoms with van der Waals surface area (Å²) in [6.45, 7) is 10.4. The lowest BCUT2D eigenvalue weighted by Gasteiger charge is -2.36. The second-order valence-corrected chi connectivity index (χ2v) is 8.45. The van der Waals surface area contributed by atoms with Crippen molar-refractivity contribution in [3.8, 4) is 0 Å². The van der Waals surface area contributed by atoms with Crippen LogP contribution in [-0.2, 0) is 4.79 Å². The van der Waals surface area contributed by atoms with Crippen LogP contribution in [0, 0.1) is 5.92 Å². The SMILES string of the molecule is CC(CN1CCN(c2ccccn2)CC1)NC(=O)C(NC(=O)c1ccccc1)C(C)C. The van der Waals surface area contributed by atoms with E-state index in [0.29, 0.717) is 5.56 Å². The van der Waals surface area contributed by atoms with Crippen LogP contribution in [-0.4, -0.2) is 66.5 Å². The van der Waals surface area contributed by atoms with Gasteiger partial charge in [0.05, 0.1) is 0 Å². The van der Waals surface area contributed by atoms with Crippen molar-refractivity contribution in [1.82, 2.24) is 20.5 Å². The van der Waals surface area contributed by atoms with Crippen LogP contribution in [0.1, 0.15) is 31.1 Å². The standard InChI is InChI=1S/C24H33N5O2/c1-18(2)22(27-23(30)20-9-5-4-6-10-20)24(31)26-19(3)17-28-13-15-29(16-14-28)21-11-7-8-12-25-21/h4-12,18-19,22H,13-17H2,1-3H3,(H,26,31)(H,27,30). The van der Waals surface area contributed by atoms with E-state index >= 15 is 0 Å². The highest BCUT2D eigenvalue weighted by molar-refractivity contribution is 5.97. The average molecular weight is 424 g/mol. The lowest BCUT2D eigenvalue weighted by molar-refractivity contribution is -0.124. The van der Waals surface area contributed by atoms with Gasteiger partial charge in [0, 0.05) is 50.5 Å². The lowest BCUT2D eigenvalue weighted by atomic mass is 10.0. The van der Waals surface area contributed by atoms with Crippen LogP contribution in [0.4, 0.5) is 5.82 Å². The molecule has 0 radical (unpaired) electrons. The van der Waals surface area contributed by atoms with Gasteiger partial charge in [-0.05, 0) is 37.1 Å². The summed E-state index contributed by atoms with van der Waals surface area (Å²) >= 11 is 0. The molecule has 2 atom stereocenters. The first kappa shape index (κ1) is 22.7. The maximum absolute atomic E-state index is 12.9. The average Bonchev–Trinajstić information content (AvgIpc) is 2.78. The first-order valence-electron chi connectivity index (χ1n) is 11.0. The number of rotatable bonds is 8. The van der Waals surface area contributed by atoms with E-state index in [2.05, 4.69) is 25.4 Å². The molecule has 2 unspecified atom stereocenters. The van der Waals surface area contributed by atoms with Gasteiger partial charge in [0.1, 0.15) is 11.9 Å². The van der Waals surface area contributed by atoms with Gasteiger partial charge in [0.15, 0.2) is 0 Å². The Kier molecular flexibility index (Phi) is 8.00. The van der Waals surface area contributed by atoms with Gasteiger partial charge in [-0.1, -0.05) is 38.1 Å². The molecule has 0 spiro atoms. The summed E-state index contributed by atoms with van der Waals surface area (Å²) in [6, 6.07) is 14.4. The molecule has 1 aromatic carbocycles. The number of benzene rings is 1. The molecule has 1 aliphatic rings. The second kappa shape index (κ2) is 10.9. The highest BCUT2D eigenvalue weighted by atomic mass is 16.2. The minimum atomic E-state index is -0.573. The molecule has 166 valence electrons. The molecule has 1 aromatic heterocycles. The number of nitrogens with one attached hydrogen (secondary N) is 2. The van der Waals surface area contributed by atoms with Gasteiger partial charge in [-0.2, -0.15) is 0 Å². The van der Waals surface area contributed by atoms with Gasteiger partial charge >= 0.3 is 0 Å². The molecular weight excluding hydrogens is 390 g/mol. The first-order valence-corrected chi connectivity index (χ1v) is 11.0. The number of pyridine rings is 1. The highest BCUT2D eigenvalue weighted by Gasteiger charge is 2.27. The number of aromatic nitrogens is 1. The van der Waals surface area contributed by atoms with Gasteiger partial charge in [-0.15, -0.1) is 0 Å². The third kappa shape index (κ3) is 6.52. The Labute approximate surface area is 184 Å². The van der Waals surface area contributed by atoms with E-state index in [1.165, 1.54) is 0 Å². The van der Waals surface area contributed by atoms with Crippen molar-refractivity contribution in [2.24, 2.45) is 5.92 Å². The molecule has 1 fully saturated rings. The Morgan fingerprint density at radius 3 is 2.23 bits per heavy atom. The molecule has 1 aliphatic heterocycles. The Balaban J connectivity index is 1.48. The van der Waals surface area contributed by atoms with Crippen molar-refractivity contribution in [1.29, 1.82) is 0 Å². The van der Waals surface area contributed by atoms with Crippen molar-refractivity contribution < 1.29 is 9.59 Å². The Bertz CT molecular complexity index is 836. The third-order valence-electron chi connectivity index (χ3n) is 5.54. The smallest absolute Gasteiger partial charge is 0.251 e. The topological polar surface area (TPSA) is 77.6 Å². The summed E-state index contributed by atoms with van der Waals surface area (Å²) in [5.74, 6) is 0.630. The summed E-state index contributed by atoms with van der Waals surface area (Å²) in [6.07, 6.45) is 1.82. The van der Waals surface area contributed by atoms with Crippen LogP contribution >= 0.6 is 0 Å². The number of anilines is 1. The van der Waals surface area contributed by atoms with Crippen LogP contribution in [0.2, 0.25) is 0 Å². The normalized spacial score (nSPS) is 16.6. The number of amides is 2. The number of hydrogen-bond acceptors (Lipinski definition) is 5. The first-order chi connectivity index (χ1) is 14.9. The number of carbonyl (C=O) groups excluding carboxylic acids is 2. The molecule has 2 amide bonds. The van der Waals surface area contributed by atoms with Crippen molar-refractivity contribution >= 4 is 17.6 Å². The van der Waals surface area contributed by atoms with Gasteiger partial charge in [0.2, 0.25) is 5.91 Å². The van der Waals surface area contributed by atoms with Crippen LogP contribution in [0.3, 0.4) is 0 Å². The maximum atomic E-state index is 12.9. The number of piperazine rings is 1. The van der Waals surface area contributed by atoms with Gasteiger partial charge in [-0.25, -0.2) is 4.98 Å². The molecule has 2 aromatic rings. The van der Waals surface area contributed by atoms with E-state index < -0.39 is 6.04 Å². The predicted molar refractivity (Wildman–Crippen MR) is 123 cm³/mol. The van der Waals surface area contributed by atoms with E-state index in [1.807, 2.05) is 63.4 Å². The van der Waals surface area contributed by atoms with Crippen molar-refractivity contribution in [3.63, 3.8) is 0 Å². The second-order valence-electron chi connectivity index (χ2n) is 8.45. The van der Waals surface area contributed by atoms with Crippen molar-refractivity contribution in [3.05, 3.63) is 60.3 Å². The van der Waals surface area contributed by atoms with E-state index in [1.54, 1.807) is 12.1 Å². The van der Waals surface area contributed by atoms with Gasteiger partial charge in [-0.3, -0.25) is 14.5 Å². The van der Waals surface area contributed by atoms with E-state index in [0.717, 1.165) is 38.5 Å². The Morgan fingerprint density at radius 2 is 1.61 bits per heavy atom. The maximum Gasteiger partial charge on any atom is 0.251 e. The quantitative estimate of drug-likeness (QED) is 0.680. The summed E-state index contributed by atoms with van der Waals surface area (Å²) in [7, 11) is 0. The van der Waals surface area contributed by atoms with Crippen LogP contribution < -0.4 is 15.5 Å². The predicted octanol–water partition coefficient (Wildman–Crippen LogP) is 2.16. The fourth-order valence-corrected chi connectivity index (χ4v) is 3.81. The zero-order chi connectivity index (χ0) is 22.2. The minimum Gasteiger partial charge on any atom is -0.354 e. The molecule has 0 saturated carbocycles. The van der Waals surface area contributed by atoms with Crippen molar-refractivity contribution in [2.75, 3.05) is 37.6 Å². The van der Waals surface area contributed by atoms with Crippen molar-refractivity contribution in [2.45, 2.75) is 32.9 Å². The van der Waals surface area contributed by atoms with Crippen LogP contribution in [0.15, 0.2) is 54.7 Å². The molecule has 0 bridgehead atoms. The summed E-state index contributed by atoms with van der Waals surface area (Å²) in [4.78, 5) is 34.5. The molecule has 2 N–H and O–H groups in total. The molecular formula is C24H33N5O2. The molecule has 31 heavy (non-hydrogen) atoms. The highest BCUT2D eigenvalue weighted by Crippen LogP contribution is 2.13. The van der Waals surface area contributed by atoms with Crippen LogP contribution in [0.25, 0.3) is 0 Å². The minimum absolute atomic E-state index is 0.0104. The fraction of sp³-hybridized carbons (Fsp3) is 0.458. The molecule has 2 heterocycles. The fourth-order valence-electron chi connectivity index (χ4n) is 3.81. The summed E-state index contributed by atoms with van der Waals surface area (Å²) < 4.78 is 0. The zero-order valence-electron chi connectivity index (χ0n) is 18.6. The zero-order valence-corrected chi connectivity index (χ0v) is 18.6. The third-order valence-corrected chi connectivity index (χ3v) is 5.54. The van der Waals surface area contributed by atoms with E-state index in [-0.39, 0.29) is 23.8 Å². The monoisotopic (exact) mass is 423 g/mol. The van der Waals surface area contributed by atoms with E-state index in [9.17, 15) is 9.59 Å². The van der Waals surface area contributed by atoms with Crippen LogP contribution in [0.5, 0.6) is 0 Å². The molecule has 7 nitrogen and oxygen atoms in total. The summed E-state index contributed by atoms with van der Waals surface area (Å²) in [5, 5.41) is 5.97. The Hall–Kier alpha value is -2.93. The van der Waals surface area contributed by atoms with E-state index in [4.69, 9.17) is 0 Å². The van der Waals surface area contributed by atoms with Gasteiger partial charge in [0.25, 0.3) is 5.91 Å². The number of carbonyl (C=O) groups is 2. The largest absolute Gasteiger partial charge is 0.354 e. The number of nitrogens with zero attached hydrogens (tertiary/aromatic N) is 3. The molecule has 3 rings (SSSR count). The molecule has 0 aliphatic carbocycles. The number of hydrogen-bond donors (Lipinski definition) is 2. The molecule has 1 saturated heterocycles. The molecule has 7 heteroatoms.